The van der Waals surface area contributed by atoms with Gasteiger partial charge in [-0.3, -0.25) is 10.2 Å². The first-order valence-corrected chi connectivity index (χ1v) is 6.80. The number of nitrogens with two attached hydrogens (primary N) is 1. The van der Waals surface area contributed by atoms with E-state index in [1.807, 2.05) is 29.1 Å². The van der Waals surface area contributed by atoms with Crippen molar-refractivity contribution >= 4 is 16.3 Å². The minimum atomic E-state index is -0.134. The Hall–Kier alpha value is -1.83. The van der Waals surface area contributed by atoms with Crippen LogP contribution < -0.4 is 11.3 Å². The van der Waals surface area contributed by atoms with E-state index in [-0.39, 0.29) is 6.04 Å². The summed E-state index contributed by atoms with van der Waals surface area (Å²) in [6.45, 7) is 1.96. The Balaban J connectivity index is 1.83. The van der Waals surface area contributed by atoms with Crippen LogP contribution in [0.3, 0.4) is 0 Å². The number of hydrogen-bond acceptors (Lipinski definition) is 6. The van der Waals surface area contributed by atoms with Crippen molar-refractivity contribution in [2.45, 2.75) is 19.4 Å². The number of aromatic nitrogens is 4. The van der Waals surface area contributed by atoms with Crippen molar-refractivity contribution in [3.63, 3.8) is 0 Å². The van der Waals surface area contributed by atoms with E-state index < -0.39 is 0 Å². The summed E-state index contributed by atoms with van der Waals surface area (Å²) in [4.78, 5) is 14.1. The van der Waals surface area contributed by atoms with Gasteiger partial charge in [-0.05, 0) is 12.5 Å². The zero-order valence-corrected chi connectivity index (χ0v) is 11.3. The second kappa shape index (κ2) is 5.04. The fraction of sp³-hybridized carbons (Fsp3) is 0.250. The van der Waals surface area contributed by atoms with Gasteiger partial charge < -0.3 is 0 Å². The molecule has 3 aromatic rings. The van der Waals surface area contributed by atoms with Gasteiger partial charge in [0.15, 0.2) is 4.96 Å². The second-order valence-corrected chi connectivity index (χ2v) is 5.24. The van der Waals surface area contributed by atoms with Crippen LogP contribution in [0.1, 0.15) is 23.1 Å². The summed E-state index contributed by atoms with van der Waals surface area (Å²) in [5.74, 6) is 6.28. The van der Waals surface area contributed by atoms with Crippen LogP contribution in [0.15, 0.2) is 30.2 Å². The highest BCUT2D eigenvalue weighted by Gasteiger charge is 2.15. The molecule has 1 unspecified atom stereocenters. The molecule has 0 spiro atoms. The lowest BCUT2D eigenvalue weighted by atomic mass is 10.1. The molecule has 0 aliphatic rings. The number of nitrogens with zero attached hydrogens (tertiary/aromatic N) is 4. The van der Waals surface area contributed by atoms with E-state index in [2.05, 4.69) is 20.4 Å². The van der Waals surface area contributed by atoms with Gasteiger partial charge in [-0.15, -0.1) is 11.3 Å². The van der Waals surface area contributed by atoms with Crippen LogP contribution in [0.2, 0.25) is 0 Å². The molecule has 7 heteroatoms. The third kappa shape index (κ3) is 2.48. The maximum absolute atomic E-state index is 5.60. The average molecular weight is 274 g/mol. The van der Waals surface area contributed by atoms with Gasteiger partial charge in [0.25, 0.3) is 0 Å². The normalized spacial score (nSPS) is 12.9. The number of imidazole rings is 1. The number of thiazole rings is 1. The van der Waals surface area contributed by atoms with Gasteiger partial charge >= 0.3 is 0 Å². The molecule has 19 heavy (non-hydrogen) atoms. The average Bonchev–Trinajstić information content (AvgIpc) is 2.98. The highest BCUT2D eigenvalue weighted by Crippen LogP contribution is 2.17. The van der Waals surface area contributed by atoms with Gasteiger partial charge in [0, 0.05) is 36.6 Å². The van der Waals surface area contributed by atoms with Crippen LogP contribution >= 0.6 is 11.3 Å². The van der Waals surface area contributed by atoms with E-state index in [9.17, 15) is 0 Å². The molecule has 3 N–H and O–H groups in total. The van der Waals surface area contributed by atoms with Crippen molar-refractivity contribution in [1.82, 2.24) is 24.8 Å². The van der Waals surface area contributed by atoms with Crippen molar-refractivity contribution in [2.24, 2.45) is 5.84 Å². The zero-order chi connectivity index (χ0) is 13.2. The van der Waals surface area contributed by atoms with Crippen LogP contribution in [0, 0.1) is 6.92 Å². The SMILES string of the molecule is Cc1cnc(C(Cc2cn3ccsc3n2)NN)nc1. The van der Waals surface area contributed by atoms with E-state index in [0.717, 1.165) is 16.2 Å². The van der Waals surface area contributed by atoms with E-state index in [4.69, 9.17) is 5.84 Å². The van der Waals surface area contributed by atoms with Crippen molar-refractivity contribution in [2.75, 3.05) is 0 Å². The van der Waals surface area contributed by atoms with E-state index in [1.165, 1.54) is 0 Å². The van der Waals surface area contributed by atoms with Gasteiger partial charge in [0.1, 0.15) is 5.82 Å². The molecule has 3 rings (SSSR count). The summed E-state index contributed by atoms with van der Waals surface area (Å²) >= 11 is 1.61. The molecule has 0 aromatic carbocycles. The van der Waals surface area contributed by atoms with Crippen molar-refractivity contribution < 1.29 is 0 Å². The third-order valence-corrected chi connectivity index (χ3v) is 3.64. The molecule has 3 aromatic heterocycles. The molecule has 1 atom stereocenters. The Kier molecular flexibility index (Phi) is 3.24. The summed E-state index contributed by atoms with van der Waals surface area (Å²) < 4.78 is 2.00. The monoisotopic (exact) mass is 274 g/mol. The number of nitrogens with one attached hydrogen (secondary N) is 1. The predicted octanol–water partition coefficient (Wildman–Crippen LogP) is 1.24. The van der Waals surface area contributed by atoms with Crippen molar-refractivity contribution in [1.29, 1.82) is 0 Å². The van der Waals surface area contributed by atoms with E-state index in [0.29, 0.717) is 12.2 Å². The van der Waals surface area contributed by atoms with Gasteiger partial charge in [0.2, 0.25) is 0 Å². The van der Waals surface area contributed by atoms with Crippen LogP contribution in [0.5, 0.6) is 0 Å². The molecule has 0 fully saturated rings. The molecule has 3 heterocycles. The molecule has 0 amide bonds. The summed E-state index contributed by atoms with van der Waals surface area (Å²) in [7, 11) is 0. The fourth-order valence-electron chi connectivity index (χ4n) is 1.89. The lowest BCUT2D eigenvalue weighted by Crippen LogP contribution is -2.31. The van der Waals surface area contributed by atoms with Crippen molar-refractivity contribution in [3.8, 4) is 0 Å². The minimum absolute atomic E-state index is 0.134. The molecule has 98 valence electrons. The molecule has 0 aliphatic carbocycles. The molecule has 0 saturated heterocycles. The van der Waals surface area contributed by atoms with Crippen LogP contribution in [-0.4, -0.2) is 19.4 Å². The first-order valence-electron chi connectivity index (χ1n) is 5.92. The third-order valence-electron chi connectivity index (χ3n) is 2.87. The van der Waals surface area contributed by atoms with Gasteiger partial charge in [0.05, 0.1) is 11.7 Å². The van der Waals surface area contributed by atoms with Crippen LogP contribution in [0.25, 0.3) is 4.96 Å². The summed E-state index contributed by atoms with van der Waals surface area (Å²) in [5, 5.41) is 2.01. The first-order chi connectivity index (χ1) is 9.26. The van der Waals surface area contributed by atoms with Gasteiger partial charge in [-0.25, -0.2) is 20.4 Å². The van der Waals surface area contributed by atoms with Crippen molar-refractivity contribution in [3.05, 3.63) is 47.2 Å². The topological polar surface area (TPSA) is 81.1 Å². The second-order valence-electron chi connectivity index (χ2n) is 4.37. The van der Waals surface area contributed by atoms with E-state index in [1.54, 1.807) is 23.7 Å². The summed E-state index contributed by atoms with van der Waals surface area (Å²) in [5.41, 5.74) is 4.75. The molecule has 0 bridgehead atoms. The van der Waals surface area contributed by atoms with Crippen LogP contribution in [-0.2, 0) is 6.42 Å². The fourth-order valence-corrected chi connectivity index (χ4v) is 2.61. The first kappa shape index (κ1) is 12.2. The Labute approximate surface area is 114 Å². The standard InChI is InChI=1S/C12H14N6S/c1-8-5-14-11(15-6-8)10(17-13)4-9-7-18-2-3-19-12(18)16-9/h2-3,5-7,10,17H,4,13H2,1H3. The largest absolute Gasteiger partial charge is 0.297 e. The van der Waals surface area contributed by atoms with E-state index >= 15 is 0 Å². The molecule has 0 radical (unpaired) electrons. The number of fused-ring (bicyclic) bond motifs is 1. The minimum Gasteiger partial charge on any atom is -0.297 e. The number of aryl methyl sites for hydroxylation is 1. The molecule has 0 aliphatic heterocycles. The van der Waals surface area contributed by atoms with Crippen LogP contribution in [0.4, 0.5) is 0 Å². The smallest absolute Gasteiger partial charge is 0.193 e. The zero-order valence-electron chi connectivity index (χ0n) is 10.4. The molecule has 0 saturated carbocycles. The highest BCUT2D eigenvalue weighted by molar-refractivity contribution is 7.15. The maximum atomic E-state index is 5.60. The lowest BCUT2D eigenvalue weighted by molar-refractivity contribution is 0.518. The number of rotatable bonds is 4. The molecular weight excluding hydrogens is 260 g/mol. The molecular formula is C12H14N6S. The Bertz CT molecular complexity index is 642. The van der Waals surface area contributed by atoms with Gasteiger partial charge in [-0.2, -0.15) is 0 Å². The quantitative estimate of drug-likeness (QED) is 0.552. The lowest BCUT2D eigenvalue weighted by Gasteiger charge is -2.12. The summed E-state index contributed by atoms with van der Waals surface area (Å²) in [6.07, 6.45) is 8.24. The number of hydrazine groups is 1. The Morgan fingerprint density at radius 1 is 1.42 bits per heavy atom. The molecule has 6 nitrogen and oxygen atoms in total. The highest BCUT2D eigenvalue weighted by atomic mass is 32.1. The summed E-state index contributed by atoms with van der Waals surface area (Å²) in [6, 6.07) is -0.134. The Morgan fingerprint density at radius 2 is 2.21 bits per heavy atom. The Morgan fingerprint density at radius 3 is 2.89 bits per heavy atom. The number of hydrogen-bond donors (Lipinski definition) is 2. The van der Waals surface area contributed by atoms with Gasteiger partial charge in [-0.1, -0.05) is 0 Å². The predicted molar refractivity (Wildman–Crippen MR) is 73.6 cm³/mol. The maximum Gasteiger partial charge on any atom is 0.193 e.